The molecule has 11 heteroatoms. The van der Waals surface area contributed by atoms with Crippen LogP contribution in [-0.2, 0) is 0 Å². The number of aromatic amines is 3. The lowest BCUT2D eigenvalue weighted by Crippen LogP contribution is -2.20. The van der Waals surface area contributed by atoms with Crippen molar-refractivity contribution in [3.63, 3.8) is 0 Å². The molecule has 2 rings (SSSR count). The number of nitrogens with zero attached hydrogens (tertiary/aromatic N) is 3. The molecule has 0 fully saturated rings. The van der Waals surface area contributed by atoms with Crippen LogP contribution in [0.25, 0.3) is 0 Å². The Morgan fingerprint density at radius 2 is 2.05 bits per heavy atom. The number of carbonyl (C=O) groups is 1. The van der Waals surface area contributed by atoms with Crippen LogP contribution in [0.1, 0.15) is 10.5 Å². The Morgan fingerprint density at radius 1 is 1.32 bits per heavy atom. The quantitative estimate of drug-likeness (QED) is 0.445. The molecule has 0 saturated carbocycles. The number of H-pyrrole nitrogens is 3. The van der Waals surface area contributed by atoms with E-state index >= 15 is 0 Å². The number of imidazole rings is 1. The van der Waals surface area contributed by atoms with E-state index in [4.69, 9.17) is 5.73 Å². The third-order valence-corrected chi connectivity index (χ3v) is 2.01. The van der Waals surface area contributed by atoms with Crippen LogP contribution in [0.15, 0.2) is 26.1 Å². The number of hydrogen-bond acceptors (Lipinski definition) is 7. The first-order chi connectivity index (χ1) is 8.99. The minimum absolute atomic E-state index is 0.107. The molecule has 0 radical (unpaired) electrons. The van der Waals surface area contributed by atoms with Crippen LogP contribution < -0.4 is 17.0 Å². The number of carbonyl (C=O) groups excluding carboxylic acids is 1. The maximum absolute atomic E-state index is 11.3. The van der Waals surface area contributed by atoms with E-state index in [0.717, 1.165) is 6.33 Å². The van der Waals surface area contributed by atoms with Gasteiger partial charge in [0, 0.05) is 0 Å². The van der Waals surface area contributed by atoms with E-state index in [1.165, 1.54) is 0 Å². The van der Waals surface area contributed by atoms with Gasteiger partial charge in [-0.25, -0.2) is 9.78 Å². The van der Waals surface area contributed by atoms with Crippen molar-refractivity contribution in [3.8, 4) is 5.88 Å². The first kappa shape index (κ1) is 12.2. The molecule has 0 aliphatic carbocycles. The minimum Gasteiger partial charge on any atom is -0.493 e. The van der Waals surface area contributed by atoms with Crippen LogP contribution in [0, 0.1) is 0 Å². The maximum Gasteiger partial charge on any atom is 0.328 e. The van der Waals surface area contributed by atoms with Gasteiger partial charge in [0.05, 0.1) is 6.33 Å². The Hall–Kier alpha value is -3.24. The third kappa shape index (κ3) is 2.38. The Kier molecular flexibility index (Phi) is 2.93. The average Bonchev–Trinajstić information content (AvgIpc) is 2.75. The van der Waals surface area contributed by atoms with Gasteiger partial charge in [-0.1, -0.05) is 0 Å². The van der Waals surface area contributed by atoms with E-state index in [2.05, 4.69) is 20.2 Å². The fourth-order valence-electron chi connectivity index (χ4n) is 1.20. The molecule has 0 aliphatic rings. The number of rotatable bonds is 3. The largest absolute Gasteiger partial charge is 0.493 e. The van der Waals surface area contributed by atoms with Gasteiger partial charge in [0.15, 0.2) is 5.69 Å². The molecule has 2 aromatic rings. The van der Waals surface area contributed by atoms with Crippen molar-refractivity contribution in [1.29, 1.82) is 0 Å². The number of nitrogens with one attached hydrogen (secondary N) is 3. The fraction of sp³-hybridized carbons (Fsp3) is 0. The van der Waals surface area contributed by atoms with E-state index in [0.29, 0.717) is 0 Å². The molecule has 0 atom stereocenters. The van der Waals surface area contributed by atoms with E-state index in [1.807, 2.05) is 9.97 Å². The molecule has 2 aromatic heterocycles. The lowest BCUT2D eigenvalue weighted by Gasteiger charge is -1.94. The molecule has 0 aliphatic heterocycles. The van der Waals surface area contributed by atoms with Gasteiger partial charge >= 0.3 is 5.69 Å². The molecular formula is C8H7N7O4. The van der Waals surface area contributed by atoms with Crippen LogP contribution >= 0.6 is 0 Å². The van der Waals surface area contributed by atoms with Crippen LogP contribution in [0.3, 0.4) is 0 Å². The molecule has 0 bridgehead atoms. The van der Waals surface area contributed by atoms with Crippen LogP contribution in [0.4, 0.5) is 11.5 Å². The highest BCUT2D eigenvalue weighted by Crippen LogP contribution is 2.20. The predicted molar refractivity (Wildman–Crippen MR) is 60.6 cm³/mol. The Bertz CT molecular complexity index is 768. The summed E-state index contributed by atoms with van der Waals surface area (Å²) in [7, 11) is 0. The Labute approximate surface area is 103 Å². The fourth-order valence-corrected chi connectivity index (χ4v) is 1.20. The predicted octanol–water partition coefficient (Wildman–Crippen LogP) is -0.994. The highest BCUT2D eigenvalue weighted by Gasteiger charge is 2.12. The zero-order valence-corrected chi connectivity index (χ0v) is 9.17. The van der Waals surface area contributed by atoms with Gasteiger partial charge in [-0.15, -0.1) is 10.2 Å². The highest BCUT2D eigenvalue weighted by atomic mass is 16.3. The number of aromatic hydroxyl groups is 1. The van der Waals surface area contributed by atoms with Crippen molar-refractivity contribution >= 4 is 17.4 Å². The van der Waals surface area contributed by atoms with Crippen LogP contribution in [0.2, 0.25) is 0 Å². The molecule has 98 valence electrons. The summed E-state index contributed by atoms with van der Waals surface area (Å²) < 4.78 is 0. The van der Waals surface area contributed by atoms with Gasteiger partial charge in [-0.3, -0.25) is 19.6 Å². The average molecular weight is 265 g/mol. The molecule has 6 N–H and O–H groups in total. The van der Waals surface area contributed by atoms with Gasteiger partial charge in [-0.05, 0) is 0 Å². The van der Waals surface area contributed by atoms with E-state index in [1.54, 1.807) is 0 Å². The Balaban J connectivity index is 2.44. The normalized spacial score (nSPS) is 10.9. The molecule has 0 aromatic carbocycles. The number of amides is 1. The van der Waals surface area contributed by atoms with Crippen molar-refractivity contribution in [1.82, 2.24) is 19.9 Å². The second kappa shape index (κ2) is 4.56. The molecule has 2 heterocycles. The summed E-state index contributed by atoms with van der Waals surface area (Å²) in [5.74, 6) is -1.72. The smallest absolute Gasteiger partial charge is 0.328 e. The number of hydrogen-bond donors (Lipinski definition) is 5. The molecule has 19 heavy (non-hydrogen) atoms. The summed E-state index contributed by atoms with van der Waals surface area (Å²) in [6.45, 7) is 0. The van der Waals surface area contributed by atoms with Crippen molar-refractivity contribution in [2.24, 2.45) is 16.0 Å². The topological polar surface area (TPSA) is 182 Å². The van der Waals surface area contributed by atoms with Crippen LogP contribution in [0.5, 0.6) is 5.88 Å². The van der Waals surface area contributed by atoms with Gasteiger partial charge in [0.2, 0.25) is 17.4 Å². The van der Waals surface area contributed by atoms with Gasteiger partial charge in [0.1, 0.15) is 0 Å². The molecule has 0 saturated heterocycles. The zero-order chi connectivity index (χ0) is 14.0. The Morgan fingerprint density at radius 3 is 2.68 bits per heavy atom. The van der Waals surface area contributed by atoms with Gasteiger partial charge in [-0.2, -0.15) is 0 Å². The summed E-state index contributed by atoms with van der Waals surface area (Å²) in [5.41, 5.74) is 2.56. The van der Waals surface area contributed by atoms with Crippen molar-refractivity contribution in [3.05, 3.63) is 32.9 Å². The van der Waals surface area contributed by atoms with Crippen LogP contribution in [-0.4, -0.2) is 30.9 Å². The van der Waals surface area contributed by atoms with Crippen molar-refractivity contribution < 1.29 is 9.90 Å². The minimum atomic E-state index is -0.943. The van der Waals surface area contributed by atoms with E-state index in [9.17, 15) is 19.5 Å². The first-order valence-corrected chi connectivity index (χ1v) is 4.79. The number of nitrogens with two attached hydrogens (primary N) is 1. The number of azo groups is 1. The monoisotopic (exact) mass is 265 g/mol. The SMILES string of the molecule is NC(=O)c1[nH]cnc1N=Nc1c(O)[nH]c(=O)[nH]c1=O. The van der Waals surface area contributed by atoms with Gasteiger partial charge in [0.25, 0.3) is 11.5 Å². The summed E-state index contributed by atoms with van der Waals surface area (Å²) in [6, 6.07) is 0. The zero-order valence-electron chi connectivity index (χ0n) is 9.17. The first-order valence-electron chi connectivity index (χ1n) is 4.79. The second-order valence-electron chi connectivity index (χ2n) is 3.27. The summed E-state index contributed by atoms with van der Waals surface area (Å²) in [5, 5.41) is 16.2. The maximum atomic E-state index is 11.3. The number of primary amides is 1. The molecular weight excluding hydrogens is 258 g/mol. The van der Waals surface area contributed by atoms with Crippen molar-refractivity contribution in [2.45, 2.75) is 0 Å². The lowest BCUT2D eigenvalue weighted by atomic mass is 10.4. The third-order valence-electron chi connectivity index (χ3n) is 2.01. The van der Waals surface area contributed by atoms with Crippen molar-refractivity contribution in [2.75, 3.05) is 0 Å². The van der Waals surface area contributed by atoms with E-state index in [-0.39, 0.29) is 11.5 Å². The standard InChI is InChI=1S/C8H7N7O4/c9-4(16)2-5(11-1-10-2)15-14-3-6(17)12-8(19)13-7(3)18/h1H,(H2,9,16)(H,10,11)(H3,12,13,17,18,19). The summed E-state index contributed by atoms with van der Waals surface area (Å²) >= 11 is 0. The summed E-state index contributed by atoms with van der Waals surface area (Å²) in [4.78, 5) is 43.0. The molecule has 0 spiro atoms. The van der Waals surface area contributed by atoms with Gasteiger partial charge < -0.3 is 15.8 Å². The molecule has 11 nitrogen and oxygen atoms in total. The number of aromatic nitrogens is 4. The lowest BCUT2D eigenvalue weighted by molar-refractivity contribution is 0.0996. The second-order valence-corrected chi connectivity index (χ2v) is 3.27. The molecule has 0 unspecified atom stereocenters. The molecule has 1 amide bonds. The van der Waals surface area contributed by atoms with E-state index < -0.39 is 28.7 Å². The summed E-state index contributed by atoms with van der Waals surface area (Å²) in [6.07, 6.45) is 1.16. The highest BCUT2D eigenvalue weighted by molar-refractivity contribution is 5.94.